The summed E-state index contributed by atoms with van der Waals surface area (Å²) in [5.41, 5.74) is -0.191. The molecule has 0 saturated heterocycles. The summed E-state index contributed by atoms with van der Waals surface area (Å²) in [6, 6.07) is 14.8. The molecular formula is C29H31ClF2N4O5S. The number of Topliss-reactive ketones (excluding diaryl/α,β-unsaturated/α-hetero) is 1. The zero-order chi connectivity index (χ0) is 30.8. The van der Waals surface area contributed by atoms with E-state index in [1.165, 1.54) is 4.57 Å². The first-order chi connectivity index (χ1) is 19.8. The summed E-state index contributed by atoms with van der Waals surface area (Å²) in [4.78, 5) is 27.3. The van der Waals surface area contributed by atoms with Crippen molar-refractivity contribution in [2.24, 2.45) is 5.41 Å². The first-order valence-electron chi connectivity index (χ1n) is 13.2. The number of sulfonamides is 1. The third-order valence-corrected chi connectivity index (χ3v) is 8.39. The van der Waals surface area contributed by atoms with Crippen molar-refractivity contribution in [3.63, 3.8) is 0 Å². The van der Waals surface area contributed by atoms with Gasteiger partial charge in [-0.15, -0.1) is 0 Å². The van der Waals surface area contributed by atoms with Gasteiger partial charge in [0.05, 0.1) is 17.9 Å². The molecule has 0 bridgehead atoms. The molecule has 0 aliphatic heterocycles. The standard InChI is InChI=1S/C29H31ClF2N4O5S/c1-4-23(38)27-26(18-8-6-5-7-9-18)22-12-19(30)10-11-21(22)28(39)35(27)14-20-13-25(36(34-20)15-24(31)32)42(40,41)33-16-29(2,3)17-37/h5-13,24,33,37H,4,14-17H2,1-3H3. The van der Waals surface area contributed by atoms with E-state index in [4.69, 9.17) is 11.6 Å². The van der Waals surface area contributed by atoms with Crippen LogP contribution >= 0.6 is 11.6 Å². The van der Waals surface area contributed by atoms with Crippen molar-refractivity contribution in [3.05, 3.63) is 81.4 Å². The summed E-state index contributed by atoms with van der Waals surface area (Å²) in [5.74, 6) is -0.361. The number of aliphatic hydroxyl groups excluding tert-OH is 1. The number of hydrogen-bond acceptors (Lipinski definition) is 6. The van der Waals surface area contributed by atoms with Crippen molar-refractivity contribution >= 4 is 38.2 Å². The average molecular weight is 621 g/mol. The van der Waals surface area contributed by atoms with Gasteiger partial charge in [0.2, 0.25) is 0 Å². The number of benzene rings is 2. The van der Waals surface area contributed by atoms with Crippen molar-refractivity contribution in [1.82, 2.24) is 19.1 Å². The minimum Gasteiger partial charge on any atom is -0.396 e. The van der Waals surface area contributed by atoms with Gasteiger partial charge in [0.25, 0.3) is 22.0 Å². The number of halogens is 3. The molecule has 2 heterocycles. The van der Waals surface area contributed by atoms with Gasteiger partial charge >= 0.3 is 0 Å². The lowest BCUT2D eigenvalue weighted by Crippen LogP contribution is -2.37. The molecule has 0 aliphatic rings. The van der Waals surface area contributed by atoms with E-state index in [2.05, 4.69) is 9.82 Å². The molecule has 4 rings (SSSR count). The van der Waals surface area contributed by atoms with Crippen LogP contribution in [-0.4, -0.2) is 53.2 Å². The fourth-order valence-electron chi connectivity index (χ4n) is 4.51. The van der Waals surface area contributed by atoms with Gasteiger partial charge in [-0.3, -0.25) is 14.2 Å². The number of aromatic nitrogens is 3. The Hall–Kier alpha value is -3.45. The van der Waals surface area contributed by atoms with Gasteiger partial charge in [-0.05, 0) is 29.1 Å². The molecule has 2 aromatic carbocycles. The molecule has 0 atom stereocenters. The molecule has 2 aromatic heterocycles. The molecule has 42 heavy (non-hydrogen) atoms. The van der Waals surface area contributed by atoms with Crippen molar-refractivity contribution < 1.29 is 27.1 Å². The van der Waals surface area contributed by atoms with Crippen LogP contribution in [-0.2, 0) is 23.1 Å². The topological polar surface area (TPSA) is 123 Å². The summed E-state index contributed by atoms with van der Waals surface area (Å²) in [6.07, 6.45) is -2.87. The maximum absolute atomic E-state index is 13.8. The lowest BCUT2D eigenvalue weighted by atomic mass is 9.94. The highest BCUT2D eigenvalue weighted by Gasteiger charge is 2.28. The average Bonchev–Trinajstić information content (AvgIpc) is 3.35. The molecule has 2 N–H and O–H groups in total. The molecule has 13 heteroatoms. The number of nitrogens with one attached hydrogen (secondary N) is 1. The number of hydrogen-bond donors (Lipinski definition) is 2. The quantitative estimate of drug-likeness (QED) is 0.221. The molecule has 9 nitrogen and oxygen atoms in total. The van der Waals surface area contributed by atoms with Crippen molar-refractivity contribution in [2.75, 3.05) is 13.2 Å². The van der Waals surface area contributed by atoms with E-state index < -0.39 is 39.0 Å². The fourth-order valence-corrected chi connectivity index (χ4v) is 6.10. The monoisotopic (exact) mass is 620 g/mol. The van der Waals surface area contributed by atoms with Crippen LogP contribution in [0.25, 0.3) is 21.9 Å². The Morgan fingerprint density at radius 3 is 2.43 bits per heavy atom. The zero-order valence-corrected chi connectivity index (χ0v) is 24.8. The van der Waals surface area contributed by atoms with Crippen LogP contribution in [0.3, 0.4) is 0 Å². The van der Waals surface area contributed by atoms with E-state index in [9.17, 15) is 31.9 Å². The predicted octanol–water partition coefficient (Wildman–Crippen LogP) is 4.72. The smallest absolute Gasteiger partial charge is 0.259 e. The Kier molecular flexibility index (Phi) is 9.31. The van der Waals surface area contributed by atoms with E-state index in [1.54, 1.807) is 63.2 Å². The second-order valence-corrected chi connectivity index (χ2v) is 12.8. The highest BCUT2D eigenvalue weighted by Crippen LogP contribution is 2.33. The Morgan fingerprint density at radius 2 is 1.81 bits per heavy atom. The molecular weight excluding hydrogens is 590 g/mol. The van der Waals surface area contributed by atoms with E-state index in [0.717, 1.165) is 6.07 Å². The van der Waals surface area contributed by atoms with E-state index in [-0.39, 0.29) is 48.7 Å². The van der Waals surface area contributed by atoms with Crippen molar-refractivity contribution in [1.29, 1.82) is 0 Å². The second-order valence-electron chi connectivity index (χ2n) is 10.6. The highest BCUT2D eigenvalue weighted by atomic mass is 35.5. The summed E-state index contributed by atoms with van der Waals surface area (Å²) >= 11 is 6.29. The fraction of sp³-hybridized carbons (Fsp3) is 0.345. The number of carbonyl (C=O) groups excluding carboxylic acids is 1. The van der Waals surface area contributed by atoms with Crippen molar-refractivity contribution in [3.8, 4) is 11.1 Å². The molecule has 0 spiro atoms. The lowest BCUT2D eigenvalue weighted by molar-refractivity contribution is 0.0979. The second kappa shape index (κ2) is 12.4. The van der Waals surface area contributed by atoms with Crippen LogP contribution in [0.1, 0.15) is 43.4 Å². The molecule has 0 unspecified atom stereocenters. The summed E-state index contributed by atoms with van der Waals surface area (Å²) in [5, 5.41) is 14.2. The first kappa shape index (κ1) is 31.5. The molecule has 0 radical (unpaired) electrons. The number of carbonyl (C=O) groups is 1. The molecule has 224 valence electrons. The normalized spacial score (nSPS) is 12.4. The third-order valence-electron chi connectivity index (χ3n) is 6.75. The van der Waals surface area contributed by atoms with Crippen LogP contribution < -0.4 is 10.3 Å². The van der Waals surface area contributed by atoms with E-state index in [0.29, 0.717) is 26.2 Å². The van der Waals surface area contributed by atoms with E-state index >= 15 is 0 Å². The van der Waals surface area contributed by atoms with Gasteiger partial charge in [-0.2, -0.15) is 5.10 Å². The van der Waals surface area contributed by atoms with E-state index in [1.807, 2.05) is 6.07 Å². The van der Waals surface area contributed by atoms with Crippen LogP contribution in [0.5, 0.6) is 0 Å². The molecule has 0 aliphatic carbocycles. The third kappa shape index (κ3) is 6.62. The minimum absolute atomic E-state index is 0.0166. The Morgan fingerprint density at radius 1 is 1.12 bits per heavy atom. The maximum atomic E-state index is 13.8. The van der Waals surface area contributed by atoms with Gasteiger partial charge in [-0.25, -0.2) is 26.6 Å². The van der Waals surface area contributed by atoms with Gasteiger partial charge in [0, 0.05) is 47.0 Å². The molecule has 4 aromatic rings. The van der Waals surface area contributed by atoms with Gasteiger partial charge in [-0.1, -0.05) is 62.7 Å². The Bertz CT molecular complexity index is 1790. The number of aliphatic hydroxyl groups is 1. The molecule has 0 amide bonds. The Labute approximate surface area is 246 Å². The maximum Gasteiger partial charge on any atom is 0.259 e. The van der Waals surface area contributed by atoms with Crippen LogP contribution in [0, 0.1) is 5.41 Å². The van der Waals surface area contributed by atoms with Gasteiger partial charge in [0.1, 0.15) is 6.54 Å². The number of nitrogens with zero attached hydrogens (tertiary/aromatic N) is 3. The summed E-state index contributed by atoms with van der Waals surface area (Å²) in [7, 11) is -4.35. The SMILES string of the molecule is CCC(=O)c1c(-c2ccccc2)c2cc(Cl)ccc2c(=O)n1Cc1cc(S(=O)(=O)NCC(C)(C)CO)n(CC(F)F)n1. The van der Waals surface area contributed by atoms with Gasteiger partial charge < -0.3 is 5.11 Å². The minimum atomic E-state index is -4.35. The number of ketones is 1. The summed E-state index contributed by atoms with van der Waals surface area (Å²) in [6.45, 7) is 3.06. The lowest BCUT2D eigenvalue weighted by Gasteiger charge is -2.21. The number of pyridine rings is 1. The van der Waals surface area contributed by atoms with Crippen LogP contribution in [0.4, 0.5) is 8.78 Å². The van der Waals surface area contributed by atoms with Crippen LogP contribution in [0.2, 0.25) is 5.02 Å². The molecule has 0 fully saturated rings. The number of alkyl halides is 2. The zero-order valence-electron chi connectivity index (χ0n) is 23.3. The number of fused-ring (bicyclic) bond motifs is 1. The summed E-state index contributed by atoms with van der Waals surface area (Å²) < 4.78 is 57.5. The van der Waals surface area contributed by atoms with Crippen LogP contribution in [0.15, 0.2) is 64.4 Å². The predicted molar refractivity (Wildman–Crippen MR) is 157 cm³/mol. The Balaban J connectivity index is 1.94. The highest BCUT2D eigenvalue weighted by molar-refractivity contribution is 7.89. The van der Waals surface area contributed by atoms with Gasteiger partial charge in [0.15, 0.2) is 10.8 Å². The first-order valence-corrected chi connectivity index (χ1v) is 15.0. The number of rotatable bonds is 12. The molecule has 0 saturated carbocycles. The largest absolute Gasteiger partial charge is 0.396 e. The van der Waals surface area contributed by atoms with Crippen molar-refractivity contribution in [2.45, 2.75) is 51.7 Å².